The number of allylic oxidation sites excluding steroid dienone is 4. The number of hydrogen-bond donors (Lipinski definition) is 1. The molecule has 0 radical (unpaired) electrons. The van der Waals surface area contributed by atoms with Gasteiger partial charge in [0.05, 0.1) is 5.52 Å². The minimum Gasteiger partial charge on any atom is -0.399 e. The Balaban J connectivity index is 2.72. The van der Waals surface area contributed by atoms with Gasteiger partial charge in [-0.25, -0.2) is 0 Å². The van der Waals surface area contributed by atoms with Gasteiger partial charge in [0, 0.05) is 17.3 Å². The van der Waals surface area contributed by atoms with E-state index in [0.717, 1.165) is 16.6 Å². The monoisotopic (exact) mass is 224 g/mol. The summed E-state index contributed by atoms with van der Waals surface area (Å²) in [5.74, 6) is 0. The highest BCUT2D eigenvalue weighted by atomic mass is 14.7. The molecule has 0 saturated carbocycles. The molecule has 1 aromatic heterocycles. The number of anilines is 1. The van der Waals surface area contributed by atoms with Crippen molar-refractivity contribution >= 4 is 22.2 Å². The normalized spacial score (nSPS) is 12.5. The van der Waals surface area contributed by atoms with Crippen molar-refractivity contribution in [1.82, 2.24) is 4.98 Å². The number of nitrogen functional groups attached to an aromatic ring is 1. The van der Waals surface area contributed by atoms with Crippen LogP contribution in [-0.2, 0) is 0 Å². The molecule has 0 bridgehead atoms. The largest absolute Gasteiger partial charge is 0.399 e. The standard InChI is InChI=1S/C15H16N2/c1-3-5-11(4-2)13-8-9-17-15-7-6-12(16)10-14(13)15/h3-10H,16H2,1-2H3. The molecule has 0 atom stereocenters. The van der Waals surface area contributed by atoms with Crippen molar-refractivity contribution in [3.05, 3.63) is 54.3 Å². The second kappa shape index (κ2) is 4.83. The van der Waals surface area contributed by atoms with Crippen LogP contribution >= 0.6 is 0 Å². The lowest BCUT2D eigenvalue weighted by Gasteiger charge is -2.07. The van der Waals surface area contributed by atoms with Crippen LogP contribution in [0.25, 0.3) is 16.5 Å². The summed E-state index contributed by atoms with van der Waals surface area (Å²) < 4.78 is 0. The highest BCUT2D eigenvalue weighted by Gasteiger charge is 2.04. The Labute approximate surface area is 101 Å². The maximum Gasteiger partial charge on any atom is 0.0709 e. The molecule has 0 aliphatic heterocycles. The van der Waals surface area contributed by atoms with Crippen LogP contribution in [0.15, 0.2) is 48.7 Å². The SMILES string of the molecule is CC=CC(=CC)c1ccnc2ccc(N)cc12. The summed E-state index contributed by atoms with van der Waals surface area (Å²) in [6, 6.07) is 7.84. The number of pyridine rings is 1. The molecule has 2 aromatic rings. The summed E-state index contributed by atoms with van der Waals surface area (Å²) in [6.45, 7) is 4.05. The van der Waals surface area contributed by atoms with Crippen molar-refractivity contribution in [3.8, 4) is 0 Å². The smallest absolute Gasteiger partial charge is 0.0709 e. The van der Waals surface area contributed by atoms with Gasteiger partial charge in [-0.05, 0) is 49.2 Å². The van der Waals surface area contributed by atoms with Gasteiger partial charge in [-0.3, -0.25) is 4.98 Å². The van der Waals surface area contributed by atoms with Gasteiger partial charge in [-0.2, -0.15) is 0 Å². The van der Waals surface area contributed by atoms with Crippen molar-refractivity contribution in [3.63, 3.8) is 0 Å². The zero-order chi connectivity index (χ0) is 12.3. The second-order valence-corrected chi connectivity index (χ2v) is 3.88. The average Bonchev–Trinajstić information content (AvgIpc) is 2.35. The number of fused-ring (bicyclic) bond motifs is 1. The first-order valence-corrected chi connectivity index (χ1v) is 5.70. The number of hydrogen-bond acceptors (Lipinski definition) is 2. The van der Waals surface area contributed by atoms with Gasteiger partial charge >= 0.3 is 0 Å². The quantitative estimate of drug-likeness (QED) is 0.622. The fraction of sp³-hybridized carbons (Fsp3) is 0.133. The van der Waals surface area contributed by atoms with Crippen molar-refractivity contribution < 1.29 is 0 Å². The summed E-state index contributed by atoms with van der Waals surface area (Å²) in [6.07, 6.45) is 8.06. The number of rotatable bonds is 2. The van der Waals surface area contributed by atoms with E-state index in [1.807, 2.05) is 50.4 Å². The van der Waals surface area contributed by atoms with E-state index in [-0.39, 0.29) is 0 Å². The molecular formula is C15H16N2. The molecule has 0 aliphatic carbocycles. The van der Waals surface area contributed by atoms with Gasteiger partial charge in [0.2, 0.25) is 0 Å². The van der Waals surface area contributed by atoms with Gasteiger partial charge in [0.1, 0.15) is 0 Å². The maximum atomic E-state index is 5.84. The molecule has 17 heavy (non-hydrogen) atoms. The van der Waals surface area contributed by atoms with E-state index in [1.54, 1.807) is 0 Å². The third-order valence-corrected chi connectivity index (χ3v) is 2.73. The third kappa shape index (κ3) is 2.21. The lowest BCUT2D eigenvalue weighted by atomic mass is 10.0. The molecular weight excluding hydrogens is 208 g/mol. The lowest BCUT2D eigenvalue weighted by Crippen LogP contribution is -1.90. The molecule has 0 spiro atoms. The number of nitrogens with zero attached hydrogens (tertiary/aromatic N) is 1. The highest BCUT2D eigenvalue weighted by molar-refractivity contribution is 5.95. The fourth-order valence-corrected chi connectivity index (χ4v) is 1.94. The molecule has 0 saturated heterocycles. The summed E-state index contributed by atoms with van der Waals surface area (Å²) in [7, 11) is 0. The van der Waals surface area contributed by atoms with Crippen LogP contribution in [0.5, 0.6) is 0 Å². The molecule has 86 valence electrons. The topological polar surface area (TPSA) is 38.9 Å². The van der Waals surface area contributed by atoms with Gasteiger partial charge < -0.3 is 5.73 Å². The zero-order valence-electron chi connectivity index (χ0n) is 10.1. The Hall–Kier alpha value is -2.09. The van der Waals surface area contributed by atoms with Gasteiger partial charge in [0.15, 0.2) is 0 Å². The first kappa shape index (κ1) is 11.4. The van der Waals surface area contributed by atoms with Crippen LogP contribution in [-0.4, -0.2) is 4.98 Å². The summed E-state index contributed by atoms with van der Waals surface area (Å²) in [4.78, 5) is 4.35. The predicted octanol–water partition coefficient (Wildman–Crippen LogP) is 3.80. The Kier molecular flexibility index (Phi) is 3.24. The van der Waals surface area contributed by atoms with Gasteiger partial charge in [-0.15, -0.1) is 0 Å². The van der Waals surface area contributed by atoms with Crippen molar-refractivity contribution in [2.45, 2.75) is 13.8 Å². The van der Waals surface area contributed by atoms with Crippen molar-refractivity contribution in [2.75, 3.05) is 5.73 Å². The molecule has 0 unspecified atom stereocenters. The Morgan fingerprint density at radius 2 is 2.06 bits per heavy atom. The van der Waals surface area contributed by atoms with E-state index in [1.165, 1.54) is 11.1 Å². The van der Waals surface area contributed by atoms with E-state index < -0.39 is 0 Å². The summed E-state index contributed by atoms with van der Waals surface area (Å²) in [5.41, 5.74) is 9.94. The first-order valence-electron chi connectivity index (χ1n) is 5.70. The van der Waals surface area contributed by atoms with E-state index >= 15 is 0 Å². The van der Waals surface area contributed by atoms with Crippen LogP contribution in [0.4, 0.5) is 5.69 Å². The minimum absolute atomic E-state index is 0.766. The van der Waals surface area contributed by atoms with Gasteiger partial charge in [-0.1, -0.05) is 18.2 Å². The third-order valence-electron chi connectivity index (χ3n) is 2.73. The van der Waals surface area contributed by atoms with Crippen LogP contribution in [0.3, 0.4) is 0 Å². The highest BCUT2D eigenvalue weighted by Crippen LogP contribution is 2.26. The van der Waals surface area contributed by atoms with E-state index in [9.17, 15) is 0 Å². The van der Waals surface area contributed by atoms with Crippen LogP contribution < -0.4 is 5.73 Å². The molecule has 0 aliphatic rings. The van der Waals surface area contributed by atoms with E-state index in [4.69, 9.17) is 5.73 Å². The zero-order valence-corrected chi connectivity index (χ0v) is 10.1. The molecule has 0 fully saturated rings. The predicted molar refractivity (Wildman–Crippen MR) is 74.6 cm³/mol. The fourth-order valence-electron chi connectivity index (χ4n) is 1.94. The first-order chi connectivity index (χ1) is 8.26. The number of aromatic nitrogens is 1. The summed E-state index contributed by atoms with van der Waals surface area (Å²) >= 11 is 0. The second-order valence-electron chi connectivity index (χ2n) is 3.88. The Morgan fingerprint density at radius 1 is 1.24 bits per heavy atom. The number of benzene rings is 1. The molecule has 0 amide bonds. The summed E-state index contributed by atoms with van der Waals surface area (Å²) in [5, 5.41) is 1.10. The van der Waals surface area contributed by atoms with E-state index in [0.29, 0.717) is 0 Å². The van der Waals surface area contributed by atoms with Crippen LogP contribution in [0, 0.1) is 0 Å². The van der Waals surface area contributed by atoms with Gasteiger partial charge in [0.25, 0.3) is 0 Å². The molecule has 1 aromatic carbocycles. The van der Waals surface area contributed by atoms with Crippen molar-refractivity contribution in [2.24, 2.45) is 0 Å². The molecule has 2 N–H and O–H groups in total. The Bertz CT molecular complexity index is 595. The maximum absolute atomic E-state index is 5.84. The van der Waals surface area contributed by atoms with E-state index in [2.05, 4.69) is 17.1 Å². The molecule has 2 rings (SSSR count). The van der Waals surface area contributed by atoms with Crippen LogP contribution in [0.2, 0.25) is 0 Å². The number of nitrogens with two attached hydrogens (primary N) is 1. The van der Waals surface area contributed by atoms with Crippen molar-refractivity contribution in [1.29, 1.82) is 0 Å². The minimum atomic E-state index is 0.766. The van der Waals surface area contributed by atoms with Crippen LogP contribution in [0.1, 0.15) is 19.4 Å². The molecule has 1 heterocycles. The Morgan fingerprint density at radius 3 is 2.76 bits per heavy atom. The lowest BCUT2D eigenvalue weighted by molar-refractivity contribution is 1.40. The average molecular weight is 224 g/mol. The molecule has 2 heteroatoms. The molecule has 2 nitrogen and oxygen atoms in total.